The van der Waals surface area contributed by atoms with E-state index in [1.165, 1.54) is 12.1 Å². The van der Waals surface area contributed by atoms with E-state index < -0.39 is 28.1 Å². The Morgan fingerprint density at radius 2 is 1.59 bits per heavy atom. The number of alkyl halides is 3. The molecule has 15 heteroatoms. The van der Waals surface area contributed by atoms with Gasteiger partial charge in [0.15, 0.2) is 0 Å². The van der Waals surface area contributed by atoms with E-state index in [2.05, 4.69) is 4.72 Å². The average Bonchev–Trinajstić information content (AvgIpc) is 2.85. The van der Waals surface area contributed by atoms with Crippen molar-refractivity contribution in [1.82, 2.24) is 4.90 Å². The molecular formula is C24H28F3N3O8S. The number of aromatic carboxylic acids is 1. The number of halogens is 3. The lowest BCUT2D eigenvalue weighted by Gasteiger charge is -2.36. The molecule has 3 N–H and O–H groups in total. The summed E-state index contributed by atoms with van der Waals surface area (Å²) in [6.45, 7) is 7.25. The lowest BCUT2D eigenvalue weighted by atomic mass is 10.1. The average molecular weight is 576 g/mol. The third-order valence-electron chi connectivity index (χ3n) is 5.51. The van der Waals surface area contributed by atoms with Crippen molar-refractivity contribution < 1.29 is 50.9 Å². The fourth-order valence-corrected chi connectivity index (χ4v) is 4.96. The van der Waals surface area contributed by atoms with Gasteiger partial charge in [-0.3, -0.25) is 4.72 Å². The van der Waals surface area contributed by atoms with Gasteiger partial charge in [-0.05, 0) is 56.2 Å². The van der Waals surface area contributed by atoms with Crippen molar-refractivity contribution in [1.29, 1.82) is 0 Å². The van der Waals surface area contributed by atoms with Crippen LogP contribution in [-0.2, 0) is 19.6 Å². The fraction of sp³-hybridized carbons (Fsp3) is 0.375. The minimum atomic E-state index is -5.08. The Balaban J connectivity index is 0.000000673. The standard InChI is InChI=1S/C22H27N3O6S.C2HF3O2/c1-4-31-22(28)25-11-9-24(10-12-25)19-8-7-17(21(26)27)14-18(19)23-32(29,30)20-13-15(2)5-6-16(20)3;3-2(4,5)1(6)7/h5-8,13-14,23H,4,9-12H2,1-3H3,(H,26,27);(H,6,7). The van der Waals surface area contributed by atoms with Crippen LogP contribution in [0.1, 0.15) is 28.4 Å². The van der Waals surface area contributed by atoms with E-state index in [-0.39, 0.29) is 22.2 Å². The summed E-state index contributed by atoms with van der Waals surface area (Å²) in [5.74, 6) is -3.91. The number of rotatable bonds is 6. The second kappa shape index (κ2) is 12.7. The Hall–Kier alpha value is -4.01. The van der Waals surface area contributed by atoms with E-state index in [1.54, 1.807) is 43.9 Å². The Bertz CT molecular complexity index is 1320. The van der Waals surface area contributed by atoms with Gasteiger partial charge in [-0.25, -0.2) is 22.8 Å². The number of carboxylic acid groups (broad SMARTS) is 2. The Morgan fingerprint density at radius 3 is 2.10 bits per heavy atom. The van der Waals surface area contributed by atoms with Crippen LogP contribution in [0.5, 0.6) is 0 Å². The highest BCUT2D eigenvalue weighted by atomic mass is 32.2. The van der Waals surface area contributed by atoms with Crippen molar-refractivity contribution >= 4 is 39.4 Å². The van der Waals surface area contributed by atoms with Crippen LogP contribution in [0, 0.1) is 13.8 Å². The molecule has 214 valence electrons. The van der Waals surface area contributed by atoms with Gasteiger partial charge in [0.2, 0.25) is 0 Å². The molecule has 3 rings (SSSR count). The topological polar surface area (TPSA) is 154 Å². The molecule has 0 unspecified atom stereocenters. The van der Waals surface area contributed by atoms with Crippen molar-refractivity contribution in [3.8, 4) is 0 Å². The number of nitrogens with zero attached hydrogens (tertiary/aromatic N) is 2. The maximum Gasteiger partial charge on any atom is 0.490 e. The van der Waals surface area contributed by atoms with Crippen LogP contribution < -0.4 is 9.62 Å². The number of anilines is 2. The smallest absolute Gasteiger partial charge is 0.478 e. The summed E-state index contributed by atoms with van der Waals surface area (Å²) in [5.41, 5.74) is 2.08. The first kappa shape index (κ1) is 31.2. The van der Waals surface area contributed by atoms with E-state index in [0.717, 1.165) is 5.56 Å². The summed E-state index contributed by atoms with van der Waals surface area (Å²) >= 11 is 0. The zero-order valence-corrected chi connectivity index (χ0v) is 22.1. The molecule has 0 bridgehead atoms. The van der Waals surface area contributed by atoms with Gasteiger partial charge in [-0.1, -0.05) is 12.1 Å². The van der Waals surface area contributed by atoms with Crippen molar-refractivity contribution in [3.05, 3.63) is 53.1 Å². The molecule has 2 aromatic rings. The predicted molar refractivity (Wildman–Crippen MR) is 135 cm³/mol. The second-order valence-corrected chi connectivity index (χ2v) is 10.0. The van der Waals surface area contributed by atoms with Gasteiger partial charge in [0.25, 0.3) is 10.0 Å². The predicted octanol–water partition coefficient (Wildman–Crippen LogP) is 3.71. The minimum Gasteiger partial charge on any atom is -0.478 e. The zero-order chi connectivity index (χ0) is 29.5. The summed E-state index contributed by atoms with van der Waals surface area (Å²) in [4.78, 5) is 36.0. The van der Waals surface area contributed by atoms with Crippen LogP contribution in [0.15, 0.2) is 41.3 Å². The van der Waals surface area contributed by atoms with Crippen LogP contribution in [0.25, 0.3) is 0 Å². The molecule has 1 heterocycles. The monoisotopic (exact) mass is 575 g/mol. The number of piperazine rings is 1. The van der Waals surface area contributed by atoms with Crippen molar-refractivity contribution in [2.45, 2.75) is 31.8 Å². The molecule has 1 saturated heterocycles. The van der Waals surface area contributed by atoms with Crippen LogP contribution in [-0.4, -0.2) is 80.5 Å². The van der Waals surface area contributed by atoms with Gasteiger partial charge in [0.1, 0.15) is 0 Å². The highest BCUT2D eigenvalue weighted by Gasteiger charge is 2.38. The molecule has 0 saturated carbocycles. The molecule has 1 amide bonds. The molecule has 0 atom stereocenters. The molecule has 0 spiro atoms. The second-order valence-electron chi connectivity index (χ2n) is 8.39. The molecule has 0 aliphatic carbocycles. The van der Waals surface area contributed by atoms with Gasteiger partial charge >= 0.3 is 24.2 Å². The Morgan fingerprint density at radius 1 is 1.00 bits per heavy atom. The van der Waals surface area contributed by atoms with Crippen molar-refractivity contribution in [2.75, 3.05) is 42.4 Å². The summed E-state index contributed by atoms with van der Waals surface area (Å²) in [7, 11) is -3.96. The third kappa shape index (κ3) is 8.49. The van der Waals surface area contributed by atoms with Crippen molar-refractivity contribution in [2.24, 2.45) is 0 Å². The molecule has 0 radical (unpaired) electrons. The fourth-order valence-electron chi connectivity index (χ4n) is 3.57. The number of aryl methyl sites for hydroxylation is 2. The van der Waals surface area contributed by atoms with Crippen LogP contribution in [0.4, 0.5) is 29.3 Å². The quantitative estimate of drug-likeness (QED) is 0.468. The number of ether oxygens (including phenoxy) is 1. The first-order valence-electron chi connectivity index (χ1n) is 11.5. The van der Waals surface area contributed by atoms with E-state index in [4.69, 9.17) is 14.6 Å². The molecule has 2 aromatic carbocycles. The van der Waals surface area contributed by atoms with Gasteiger partial charge in [-0.15, -0.1) is 0 Å². The lowest BCUT2D eigenvalue weighted by molar-refractivity contribution is -0.192. The molecule has 1 fully saturated rings. The van der Waals surface area contributed by atoms with Crippen LogP contribution in [0.2, 0.25) is 0 Å². The minimum absolute atomic E-state index is 0.0300. The van der Waals surface area contributed by atoms with E-state index in [1.807, 2.05) is 11.0 Å². The van der Waals surface area contributed by atoms with E-state index in [0.29, 0.717) is 44.0 Å². The molecular weight excluding hydrogens is 547 g/mol. The summed E-state index contributed by atoms with van der Waals surface area (Å²) in [6.07, 6.45) is -5.47. The number of aliphatic carboxylic acids is 1. The van der Waals surface area contributed by atoms with Gasteiger partial charge in [0, 0.05) is 26.2 Å². The Kier molecular flexibility index (Phi) is 10.2. The molecule has 1 aliphatic rings. The van der Waals surface area contributed by atoms with Gasteiger partial charge in [-0.2, -0.15) is 13.2 Å². The van der Waals surface area contributed by atoms with E-state index >= 15 is 0 Å². The third-order valence-corrected chi connectivity index (χ3v) is 7.02. The number of nitrogens with one attached hydrogen (secondary N) is 1. The molecule has 0 aromatic heterocycles. The largest absolute Gasteiger partial charge is 0.490 e. The summed E-state index contributed by atoms with van der Waals surface area (Å²) in [5, 5.41) is 16.5. The van der Waals surface area contributed by atoms with Gasteiger partial charge < -0.3 is 24.7 Å². The molecule has 1 aliphatic heterocycles. The number of amides is 1. The number of carbonyl (C=O) groups excluding carboxylic acids is 1. The number of sulfonamides is 1. The zero-order valence-electron chi connectivity index (χ0n) is 21.3. The number of hydrogen-bond acceptors (Lipinski definition) is 7. The number of benzene rings is 2. The number of hydrogen-bond donors (Lipinski definition) is 3. The SMILES string of the molecule is CCOC(=O)N1CCN(c2ccc(C(=O)O)cc2NS(=O)(=O)c2cc(C)ccc2C)CC1.O=C(O)C(F)(F)F. The van der Waals surface area contributed by atoms with Crippen LogP contribution in [0.3, 0.4) is 0 Å². The summed E-state index contributed by atoms with van der Waals surface area (Å²) in [6, 6.07) is 9.48. The highest BCUT2D eigenvalue weighted by Crippen LogP contribution is 2.31. The first-order valence-corrected chi connectivity index (χ1v) is 13.0. The van der Waals surface area contributed by atoms with Gasteiger partial charge in [0.05, 0.1) is 28.4 Å². The molecule has 11 nitrogen and oxygen atoms in total. The number of carboxylic acids is 2. The number of carbonyl (C=O) groups is 3. The first-order chi connectivity index (χ1) is 18.1. The van der Waals surface area contributed by atoms with Crippen molar-refractivity contribution in [3.63, 3.8) is 0 Å². The molecule has 39 heavy (non-hydrogen) atoms. The van der Waals surface area contributed by atoms with Crippen LogP contribution >= 0.6 is 0 Å². The normalized spacial score (nSPS) is 13.7. The summed E-state index contributed by atoms with van der Waals surface area (Å²) < 4.78 is 65.7. The van der Waals surface area contributed by atoms with E-state index in [9.17, 15) is 36.3 Å². The lowest BCUT2D eigenvalue weighted by Crippen LogP contribution is -2.49. The maximum atomic E-state index is 13.2. The maximum absolute atomic E-state index is 13.2. The highest BCUT2D eigenvalue weighted by molar-refractivity contribution is 7.92. The Labute approximate surface area is 222 Å².